The molecule has 2 aromatic carbocycles. The third-order valence-electron chi connectivity index (χ3n) is 4.83. The Balaban J connectivity index is 2.14. The van der Waals surface area contributed by atoms with Crippen LogP contribution in [0, 0.1) is 6.92 Å². The van der Waals surface area contributed by atoms with E-state index >= 15 is 0 Å². The second-order valence-electron chi connectivity index (χ2n) is 6.71. The molecule has 3 rings (SSSR count). The number of rotatable bonds is 8. The van der Waals surface area contributed by atoms with Crippen LogP contribution in [0.5, 0.6) is 0 Å². The summed E-state index contributed by atoms with van der Waals surface area (Å²) >= 11 is 0. The molecule has 152 valence electrons. The molecule has 0 aliphatic rings. The Morgan fingerprint density at radius 1 is 0.966 bits per heavy atom. The van der Waals surface area contributed by atoms with Gasteiger partial charge in [0.1, 0.15) is 5.76 Å². The van der Waals surface area contributed by atoms with Crippen molar-refractivity contribution in [1.82, 2.24) is 4.90 Å². The van der Waals surface area contributed by atoms with Crippen molar-refractivity contribution in [2.75, 3.05) is 40.5 Å². The first-order chi connectivity index (χ1) is 14.1. The summed E-state index contributed by atoms with van der Waals surface area (Å²) in [6.45, 7) is 3.37. The van der Waals surface area contributed by atoms with Gasteiger partial charge in [-0.05, 0) is 19.1 Å². The Labute approximate surface area is 169 Å². The summed E-state index contributed by atoms with van der Waals surface area (Å²) in [6, 6.07) is 14.5. The fourth-order valence-electron chi connectivity index (χ4n) is 3.23. The lowest BCUT2D eigenvalue weighted by molar-refractivity contribution is 0.0628. The van der Waals surface area contributed by atoms with E-state index < -0.39 is 0 Å². The number of nitrogens with zero attached hydrogens (tertiary/aromatic N) is 1. The minimum absolute atomic E-state index is 0.139. The first kappa shape index (κ1) is 20.8. The first-order valence-electron chi connectivity index (χ1n) is 9.47. The van der Waals surface area contributed by atoms with E-state index in [4.69, 9.17) is 13.9 Å². The topological polar surface area (TPSA) is 69.0 Å². The summed E-state index contributed by atoms with van der Waals surface area (Å²) in [4.78, 5) is 27.9. The van der Waals surface area contributed by atoms with Gasteiger partial charge in [0.05, 0.1) is 24.2 Å². The summed E-state index contributed by atoms with van der Waals surface area (Å²) in [5.41, 5.74) is 1.82. The Hall–Kier alpha value is -2.96. The summed E-state index contributed by atoms with van der Waals surface area (Å²) in [5, 5.41) is 0.395. The average Bonchev–Trinajstić information content (AvgIpc) is 2.76. The molecule has 0 aliphatic carbocycles. The minimum Gasteiger partial charge on any atom is -0.455 e. The normalized spacial score (nSPS) is 11.0. The third kappa shape index (κ3) is 4.39. The molecule has 0 atom stereocenters. The van der Waals surface area contributed by atoms with E-state index in [1.54, 1.807) is 44.2 Å². The van der Waals surface area contributed by atoms with Crippen LogP contribution in [-0.2, 0) is 9.47 Å². The van der Waals surface area contributed by atoms with Crippen molar-refractivity contribution < 1.29 is 18.7 Å². The van der Waals surface area contributed by atoms with Crippen LogP contribution >= 0.6 is 0 Å². The zero-order valence-electron chi connectivity index (χ0n) is 16.9. The molecular formula is C23H25NO5. The fourth-order valence-corrected chi connectivity index (χ4v) is 3.23. The van der Waals surface area contributed by atoms with E-state index in [1.807, 2.05) is 30.3 Å². The fraction of sp³-hybridized carbons (Fsp3) is 0.304. The van der Waals surface area contributed by atoms with E-state index in [9.17, 15) is 9.59 Å². The average molecular weight is 395 g/mol. The largest absolute Gasteiger partial charge is 0.455 e. The molecule has 0 unspecified atom stereocenters. The number of methoxy groups -OCH3 is 2. The molecule has 0 aliphatic heterocycles. The molecule has 0 spiro atoms. The molecule has 1 heterocycles. The number of amides is 1. The molecule has 29 heavy (non-hydrogen) atoms. The predicted octanol–water partition coefficient (Wildman–Crippen LogP) is 3.50. The number of hydrogen-bond donors (Lipinski definition) is 0. The lowest BCUT2D eigenvalue weighted by Gasteiger charge is -2.22. The molecule has 1 amide bonds. The number of carbonyl (C=O) groups is 1. The second-order valence-corrected chi connectivity index (χ2v) is 6.71. The predicted molar refractivity (Wildman–Crippen MR) is 112 cm³/mol. The summed E-state index contributed by atoms with van der Waals surface area (Å²) in [5.74, 6) is 0.249. The summed E-state index contributed by atoms with van der Waals surface area (Å²) in [7, 11) is 3.18. The van der Waals surface area contributed by atoms with Crippen LogP contribution in [0.2, 0.25) is 0 Å². The monoisotopic (exact) mass is 395 g/mol. The van der Waals surface area contributed by atoms with Crippen molar-refractivity contribution in [3.63, 3.8) is 0 Å². The van der Waals surface area contributed by atoms with E-state index in [2.05, 4.69) is 0 Å². The molecule has 1 aromatic heterocycles. The number of fused-ring (bicyclic) bond motifs is 1. The van der Waals surface area contributed by atoms with Gasteiger partial charge in [-0.3, -0.25) is 9.59 Å². The maximum Gasteiger partial charge on any atom is 0.257 e. The van der Waals surface area contributed by atoms with Gasteiger partial charge in [-0.1, -0.05) is 36.4 Å². The first-order valence-corrected chi connectivity index (χ1v) is 9.47. The highest BCUT2D eigenvalue weighted by molar-refractivity contribution is 6.05. The molecule has 0 fully saturated rings. The van der Waals surface area contributed by atoms with Crippen LogP contribution < -0.4 is 5.43 Å². The number of hydrogen-bond acceptors (Lipinski definition) is 5. The van der Waals surface area contributed by atoms with Crippen LogP contribution in [0.15, 0.2) is 57.7 Å². The van der Waals surface area contributed by atoms with Crippen LogP contribution in [0.1, 0.15) is 15.9 Å². The Kier molecular flexibility index (Phi) is 6.80. The zero-order valence-corrected chi connectivity index (χ0v) is 16.9. The van der Waals surface area contributed by atoms with E-state index in [0.717, 1.165) is 5.56 Å². The van der Waals surface area contributed by atoms with Gasteiger partial charge in [-0.25, -0.2) is 0 Å². The number of benzene rings is 2. The third-order valence-corrected chi connectivity index (χ3v) is 4.83. The molecule has 0 saturated heterocycles. The van der Waals surface area contributed by atoms with Crippen molar-refractivity contribution in [3.05, 3.63) is 69.9 Å². The van der Waals surface area contributed by atoms with Crippen molar-refractivity contribution in [3.8, 4) is 11.3 Å². The van der Waals surface area contributed by atoms with Crippen LogP contribution in [-0.4, -0.2) is 51.3 Å². The maximum atomic E-state index is 13.3. The van der Waals surface area contributed by atoms with Crippen molar-refractivity contribution in [1.29, 1.82) is 0 Å². The molecule has 3 aromatic rings. The quantitative estimate of drug-likeness (QED) is 0.584. The second kappa shape index (κ2) is 9.49. The van der Waals surface area contributed by atoms with E-state index in [1.165, 1.54) is 0 Å². The highest BCUT2D eigenvalue weighted by Crippen LogP contribution is 2.27. The summed E-state index contributed by atoms with van der Waals surface area (Å²) < 4.78 is 16.4. The van der Waals surface area contributed by atoms with Crippen LogP contribution in [0.4, 0.5) is 0 Å². The molecule has 0 radical (unpaired) electrons. The van der Waals surface area contributed by atoms with Gasteiger partial charge in [0.25, 0.3) is 5.91 Å². The number of para-hydroxylation sites is 1. The highest BCUT2D eigenvalue weighted by Gasteiger charge is 2.22. The van der Waals surface area contributed by atoms with Gasteiger partial charge in [0, 0.05) is 38.4 Å². The van der Waals surface area contributed by atoms with Crippen LogP contribution in [0.3, 0.4) is 0 Å². The summed E-state index contributed by atoms with van der Waals surface area (Å²) in [6.07, 6.45) is 0. The van der Waals surface area contributed by atoms with E-state index in [0.29, 0.717) is 54.2 Å². The molecule has 0 saturated carbocycles. The highest BCUT2D eigenvalue weighted by atomic mass is 16.5. The Morgan fingerprint density at radius 3 is 2.24 bits per heavy atom. The van der Waals surface area contributed by atoms with Gasteiger partial charge in [0.2, 0.25) is 0 Å². The van der Waals surface area contributed by atoms with Gasteiger partial charge < -0.3 is 18.8 Å². The zero-order chi connectivity index (χ0) is 20.8. The lowest BCUT2D eigenvalue weighted by Crippen LogP contribution is -2.36. The molecule has 0 bridgehead atoms. The minimum atomic E-state index is -0.226. The Bertz CT molecular complexity index is 1030. The van der Waals surface area contributed by atoms with Gasteiger partial charge in [-0.2, -0.15) is 0 Å². The molecule has 6 heteroatoms. The van der Waals surface area contributed by atoms with Crippen molar-refractivity contribution in [2.45, 2.75) is 6.92 Å². The van der Waals surface area contributed by atoms with E-state index in [-0.39, 0.29) is 11.3 Å². The number of ether oxygens (including phenoxy) is 2. The Morgan fingerprint density at radius 2 is 1.62 bits per heavy atom. The number of carbonyl (C=O) groups excluding carboxylic acids is 1. The molecular weight excluding hydrogens is 370 g/mol. The van der Waals surface area contributed by atoms with Crippen molar-refractivity contribution in [2.24, 2.45) is 0 Å². The van der Waals surface area contributed by atoms with Gasteiger partial charge in [0.15, 0.2) is 11.0 Å². The van der Waals surface area contributed by atoms with Gasteiger partial charge in [-0.15, -0.1) is 0 Å². The smallest absolute Gasteiger partial charge is 0.257 e. The SMILES string of the molecule is COCCN(CCOC)C(=O)c1cccc2c(=O)c(C)c(-c3ccccc3)oc12. The maximum absolute atomic E-state index is 13.3. The molecule has 6 nitrogen and oxygen atoms in total. The van der Waals surface area contributed by atoms with Gasteiger partial charge >= 0.3 is 0 Å². The molecule has 0 N–H and O–H groups in total. The van der Waals surface area contributed by atoms with Crippen LogP contribution in [0.25, 0.3) is 22.3 Å². The lowest BCUT2D eigenvalue weighted by atomic mass is 10.0. The van der Waals surface area contributed by atoms with Crippen molar-refractivity contribution >= 4 is 16.9 Å². The standard InChI is InChI=1S/C23H25NO5/c1-16-20(25)18-10-7-11-19(23(26)24(12-14-27-2)13-15-28-3)22(18)29-21(16)17-8-5-4-6-9-17/h4-11H,12-15H2,1-3H3.